The fourth-order valence-electron chi connectivity index (χ4n) is 0.626. The Morgan fingerprint density at radius 1 is 1.50 bits per heavy atom. The molecule has 0 fully saturated rings. The summed E-state index contributed by atoms with van der Waals surface area (Å²) in [6.07, 6.45) is 2.22. The highest BCUT2D eigenvalue weighted by atomic mass is 32.2. The van der Waals surface area contributed by atoms with Crippen molar-refractivity contribution in [2.45, 2.75) is 6.42 Å². The van der Waals surface area contributed by atoms with Crippen LogP contribution in [0.4, 0.5) is 0 Å². The SMILES string of the molecule is CSCCNS(=O)(=O)CCCO. The average molecular weight is 213 g/mol. The van der Waals surface area contributed by atoms with Crippen LogP contribution >= 0.6 is 11.8 Å². The fourth-order valence-corrected chi connectivity index (χ4v) is 2.13. The van der Waals surface area contributed by atoms with Gasteiger partial charge in [0.15, 0.2) is 0 Å². The highest BCUT2D eigenvalue weighted by molar-refractivity contribution is 7.98. The Bertz CT molecular complexity index is 191. The Balaban J connectivity index is 3.58. The topological polar surface area (TPSA) is 66.4 Å². The number of aliphatic hydroxyl groups is 1. The van der Waals surface area contributed by atoms with Crippen LogP contribution in [0.1, 0.15) is 6.42 Å². The Morgan fingerprint density at radius 3 is 2.67 bits per heavy atom. The predicted molar refractivity (Wildman–Crippen MR) is 51.9 cm³/mol. The summed E-state index contributed by atoms with van der Waals surface area (Å²) in [5, 5.41) is 8.40. The molecule has 6 heteroatoms. The predicted octanol–water partition coefficient (Wildman–Crippen LogP) is -0.349. The second kappa shape index (κ2) is 6.71. The van der Waals surface area contributed by atoms with E-state index in [0.717, 1.165) is 5.75 Å². The van der Waals surface area contributed by atoms with Gasteiger partial charge in [0, 0.05) is 18.9 Å². The first-order valence-corrected chi connectivity index (χ1v) is 6.74. The quantitative estimate of drug-likeness (QED) is 0.567. The van der Waals surface area contributed by atoms with E-state index in [0.29, 0.717) is 13.0 Å². The molecule has 0 saturated carbocycles. The molecule has 0 amide bonds. The minimum Gasteiger partial charge on any atom is -0.396 e. The second-order valence-electron chi connectivity index (χ2n) is 2.28. The monoisotopic (exact) mass is 213 g/mol. The van der Waals surface area contributed by atoms with Crippen LogP contribution in [0.25, 0.3) is 0 Å². The lowest BCUT2D eigenvalue weighted by Gasteiger charge is -2.03. The van der Waals surface area contributed by atoms with Crippen molar-refractivity contribution in [3.05, 3.63) is 0 Å². The number of rotatable bonds is 7. The molecule has 0 bridgehead atoms. The van der Waals surface area contributed by atoms with Crippen molar-refractivity contribution in [3.63, 3.8) is 0 Å². The van der Waals surface area contributed by atoms with Crippen molar-refractivity contribution >= 4 is 21.8 Å². The summed E-state index contributed by atoms with van der Waals surface area (Å²) in [5.41, 5.74) is 0. The third-order valence-corrected chi connectivity index (χ3v) is 3.28. The summed E-state index contributed by atoms with van der Waals surface area (Å²) < 4.78 is 24.5. The molecular weight excluding hydrogens is 198 g/mol. The summed E-state index contributed by atoms with van der Waals surface area (Å²) in [6.45, 7) is 0.387. The van der Waals surface area contributed by atoms with Gasteiger partial charge < -0.3 is 5.11 Å². The molecule has 2 N–H and O–H groups in total. The van der Waals surface area contributed by atoms with Crippen molar-refractivity contribution in [3.8, 4) is 0 Å². The minimum atomic E-state index is -3.14. The van der Waals surface area contributed by atoms with Crippen molar-refractivity contribution < 1.29 is 13.5 Å². The van der Waals surface area contributed by atoms with E-state index in [9.17, 15) is 8.42 Å². The smallest absolute Gasteiger partial charge is 0.211 e. The normalized spacial score (nSPS) is 11.8. The van der Waals surface area contributed by atoms with Crippen molar-refractivity contribution in [1.29, 1.82) is 0 Å². The molecule has 0 aliphatic rings. The molecule has 12 heavy (non-hydrogen) atoms. The number of hydrogen-bond donors (Lipinski definition) is 2. The van der Waals surface area contributed by atoms with Crippen LogP contribution in [0.5, 0.6) is 0 Å². The second-order valence-corrected chi connectivity index (χ2v) is 5.20. The largest absolute Gasteiger partial charge is 0.396 e. The van der Waals surface area contributed by atoms with E-state index in [2.05, 4.69) is 4.72 Å². The molecular formula is C6H15NO3S2. The van der Waals surface area contributed by atoms with Crippen LogP contribution in [-0.2, 0) is 10.0 Å². The third-order valence-electron chi connectivity index (χ3n) is 1.20. The molecule has 0 aromatic carbocycles. The van der Waals surface area contributed by atoms with E-state index in [1.807, 2.05) is 6.26 Å². The van der Waals surface area contributed by atoms with Gasteiger partial charge in [-0.15, -0.1) is 0 Å². The molecule has 0 heterocycles. The van der Waals surface area contributed by atoms with Gasteiger partial charge >= 0.3 is 0 Å². The summed E-state index contributed by atoms with van der Waals surface area (Å²) in [7, 11) is -3.14. The first-order valence-electron chi connectivity index (χ1n) is 3.69. The van der Waals surface area contributed by atoms with Gasteiger partial charge in [-0.25, -0.2) is 13.1 Å². The Morgan fingerprint density at radius 2 is 2.17 bits per heavy atom. The summed E-state index contributed by atoms with van der Waals surface area (Å²) in [6, 6.07) is 0. The van der Waals surface area contributed by atoms with Gasteiger partial charge in [0.2, 0.25) is 10.0 Å². The zero-order valence-electron chi connectivity index (χ0n) is 7.12. The average Bonchev–Trinajstić information content (AvgIpc) is 2.01. The van der Waals surface area contributed by atoms with E-state index in [1.165, 1.54) is 0 Å². The van der Waals surface area contributed by atoms with Gasteiger partial charge in [-0.2, -0.15) is 11.8 Å². The molecule has 0 rings (SSSR count). The van der Waals surface area contributed by atoms with Crippen LogP contribution in [-0.4, -0.2) is 44.4 Å². The van der Waals surface area contributed by atoms with Gasteiger partial charge in [-0.05, 0) is 12.7 Å². The number of thioether (sulfide) groups is 1. The van der Waals surface area contributed by atoms with Crippen LogP contribution in [0.2, 0.25) is 0 Å². The van der Waals surface area contributed by atoms with E-state index in [1.54, 1.807) is 11.8 Å². The summed E-state index contributed by atoms with van der Waals surface area (Å²) >= 11 is 1.59. The van der Waals surface area contributed by atoms with Gasteiger partial charge in [-0.3, -0.25) is 0 Å². The van der Waals surface area contributed by atoms with E-state index in [-0.39, 0.29) is 12.4 Å². The Labute approximate surface area is 77.8 Å². The molecule has 0 spiro atoms. The molecule has 0 unspecified atom stereocenters. The third kappa shape index (κ3) is 6.90. The van der Waals surface area contributed by atoms with Gasteiger partial charge in [0.1, 0.15) is 0 Å². The van der Waals surface area contributed by atoms with Gasteiger partial charge in [-0.1, -0.05) is 0 Å². The van der Waals surface area contributed by atoms with Crippen molar-refractivity contribution in [2.75, 3.05) is 30.9 Å². The van der Waals surface area contributed by atoms with Gasteiger partial charge in [0.05, 0.1) is 5.75 Å². The zero-order chi connectivity index (χ0) is 9.45. The lowest BCUT2D eigenvalue weighted by molar-refractivity contribution is 0.295. The van der Waals surface area contributed by atoms with Crippen LogP contribution in [0.15, 0.2) is 0 Å². The van der Waals surface area contributed by atoms with E-state index < -0.39 is 10.0 Å². The number of hydrogen-bond acceptors (Lipinski definition) is 4. The first-order chi connectivity index (χ1) is 5.62. The van der Waals surface area contributed by atoms with Crippen molar-refractivity contribution in [2.24, 2.45) is 0 Å². The number of aliphatic hydroxyl groups excluding tert-OH is 1. The Kier molecular flexibility index (Phi) is 6.83. The highest BCUT2D eigenvalue weighted by Crippen LogP contribution is 1.91. The van der Waals surface area contributed by atoms with E-state index in [4.69, 9.17) is 5.11 Å². The maximum Gasteiger partial charge on any atom is 0.211 e. The Hall–Kier alpha value is 0.220. The standard InChI is InChI=1S/C6H15NO3S2/c1-11-5-3-7-12(9,10)6-2-4-8/h7-8H,2-6H2,1H3. The van der Waals surface area contributed by atoms with Crippen LogP contribution in [0, 0.1) is 0 Å². The molecule has 74 valence electrons. The lowest BCUT2D eigenvalue weighted by Crippen LogP contribution is -2.28. The summed E-state index contributed by atoms with van der Waals surface area (Å²) in [4.78, 5) is 0. The number of sulfonamides is 1. The molecule has 0 aromatic heterocycles. The van der Waals surface area contributed by atoms with E-state index >= 15 is 0 Å². The molecule has 4 nitrogen and oxygen atoms in total. The molecule has 0 aliphatic carbocycles. The maximum atomic E-state index is 11.0. The van der Waals surface area contributed by atoms with Crippen LogP contribution in [0.3, 0.4) is 0 Å². The molecule has 0 aromatic rings. The first kappa shape index (κ1) is 12.2. The molecule has 0 saturated heterocycles. The number of nitrogens with one attached hydrogen (secondary N) is 1. The minimum absolute atomic E-state index is 0.0118. The fraction of sp³-hybridized carbons (Fsp3) is 1.00. The molecule has 0 atom stereocenters. The molecule has 0 aliphatic heterocycles. The van der Waals surface area contributed by atoms with Crippen LogP contribution < -0.4 is 4.72 Å². The zero-order valence-corrected chi connectivity index (χ0v) is 8.75. The van der Waals surface area contributed by atoms with Crippen molar-refractivity contribution in [1.82, 2.24) is 4.72 Å². The van der Waals surface area contributed by atoms with Gasteiger partial charge in [0.25, 0.3) is 0 Å². The maximum absolute atomic E-state index is 11.0. The summed E-state index contributed by atoms with van der Waals surface area (Å²) in [5.74, 6) is 0.788. The molecule has 0 radical (unpaired) electrons. The lowest BCUT2D eigenvalue weighted by atomic mass is 10.5. The highest BCUT2D eigenvalue weighted by Gasteiger charge is 2.07.